The molecule has 364 valence electrons. The fraction of sp³-hybridized carbons (Fsp3) is 0.435. The van der Waals surface area contributed by atoms with Crippen molar-refractivity contribution in [3.63, 3.8) is 0 Å². The Kier molecular flexibility index (Phi) is 19.4. The van der Waals surface area contributed by atoms with E-state index in [4.69, 9.17) is 17.2 Å². The number of carbonyl (C=O) groups excluding carboxylic acids is 8. The molecule has 0 saturated carbocycles. The van der Waals surface area contributed by atoms with Crippen LogP contribution in [0.2, 0.25) is 0 Å². The summed E-state index contributed by atoms with van der Waals surface area (Å²) in [4.78, 5) is 125. The van der Waals surface area contributed by atoms with Crippen molar-refractivity contribution in [2.45, 2.75) is 114 Å². The maximum Gasteiger partial charge on any atom is 0.243 e. The molecule has 0 aliphatic carbocycles. The zero-order valence-electron chi connectivity index (χ0n) is 38.0. The average molecular weight is 939 g/mol. The molecule has 68 heavy (non-hydrogen) atoms. The molecular weight excluding hydrogens is 877 g/mol. The average Bonchev–Trinajstić information content (AvgIpc) is 3.99. The first-order valence-corrected chi connectivity index (χ1v) is 22.7. The predicted octanol–water partition coefficient (Wildman–Crippen LogP) is -1.14. The van der Waals surface area contributed by atoms with Crippen molar-refractivity contribution in [2.75, 3.05) is 13.1 Å². The second-order valence-corrected chi connectivity index (χ2v) is 16.6. The van der Waals surface area contributed by atoms with Crippen molar-refractivity contribution in [3.8, 4) is 0 Å². The zero-order valence-corrected chi connectivity index (χ0v) is 38.0. The minimum Gasteiger partial charge on any atom is -0.370 e. The van der Waals surface area contributed by atoms with Crippen molar-refractivity contribution in [2.24, 2.45) is 22.2 Å². The number of fused-ring (bicyclic) bond motifs is 1. The number of unbranched alkanes of at least 4 members (excludes halogenated alkanes) is 1. The van der Waals surface area contributed by atoms with Crippen LogP contribution in [-0.4, -0.2) is 118 Å². The van der Waals surface area contributed by atoms with Crippen LogP contribution in [0.25, 0.3) is 10.9 Å². The van der Waals surface area contributed by atoms with Gasteiger partial charge in [-0.3, -0.25) is 43.3 Å². The van der Waals surface area contributed by atoms with E-state index in [0.717, 1.165) is 10.9 Å². The number of nitrogens with zero attached hydrogens (tertiary/aromatic N) is 2. The van der Waals surface area contributed by atoms with Gasteiger partial charge in [0, 0.05) is 74.2 Å². The van der Waals surface area contributed by atoms with E-state index in [1.165, 1.54) is 12.5 Å². The van der Waals surface area contributed by atoms with Crippen LogP contribution in [0, 0.1) is 0 Å². The Morgan fingerprint density at radius 1 is 0.809 bits per heavy atom. The van der Waals surface area contributed by atoms with Gasteiger partial charge >= 0.3 is 0 Å². The number of hydrogen-bond acceptors (Lipinski definition) is 10. The number of aromatic nitrogens is 3. The highest BCUT2D eigenvalue weighted by atomic mass is 16.2. The molecule has 0 radical (unpaired) electrons. The Labute approximate surface area is 392 Å². The standard InChI is InChI=1S/C46H62N14O8/c1-2-3-15-39(62)55-33-16-17-38(61)51-20-18-34(43(66)58-35(40(47)63)22-28-24-53-31-13-8-7-12-30(28)31)57-41(64)32(14-9-19-52-46(48)49)56-44(67)36(21-27-10-5-4-6-11-27)59-45(68)37(60-42(33)65)23-29-25-50-26-54-29/h4-8,10-13,24-26,32-37,53H,2-3,9,14-23H2,1H3,(H2,47,63)(H,50,54)(H,51,61)(H,55,62)(H,56,67)(H,57,64)(H,58,66)(H,59,68)(H,60,65)(H4,48,49,52)/t32-,33-,34-,35-,36?,37-/m0/s1. The van der Waals surface area contributed by atoms with Crippen molar-refractivity contribution >= 4 is 64.1 Å². The SMILES string of the molecule is CCCCC(=O)N[C@H]1CCC(=O)NCC[C@@H](C(=O)N[C@@H](Cc2c[nH]c3ccccc23)C(N)=O)NC(=O)[C@H](CCCN=C(N)N)NC(=O)C(Cc2ccccc2)NC(=O)[C@H](Cc2cnc[nH]2)NC1=O. The molecule has 22 heteroatoms. The summed E-state index contributed by atoms with van der Waals surface area (Å²) >= 11 is 0. The van der Waals surface area contributed by atoms with Gasteiger partial charge in [0.25, 0.3) is 0 Å². The molecule has 0 bridgehead atoms. The first-order chi connectivity index (χ1) is 32.7. The Bertz CT molecular complexity index is 2380. The number of H-pyrrole nitrogens is 2. The van der Waals surface area contributed by atoms with Gasteiger partial charge in [0.1, 0.15) is 36.3 Å². The van der Waals surface area contributed by atoms with E-state index < -0.39 is 83.5 Å². The molecule has 22 nitrogen and oxygen atoms in total. The lowest BCUT2D eigenvalue weighted by Crippen LogP contribution is -2.60. The molecule has 1 fully saturated rings. The Balaban J connectivity index is 1.49. The van der Waals surface area contributed by atoms with E-state index in [9.17, 15) is 38.4 Å². The largest absolute Gasteiger partial charge is 0.370 e. The third-order valence-corrected chi connectivity index (χ3v) is 11.3. The first-order valence-electron chi connectivity index (χ1n) is 22.7. The Hall–Kier alpha value is -7.78. The third kappa shape index (κ3) is 16.0. The van der Waals surface area contributed by atoms with Gasteiger partial charge in [-0.25, -0.2) is 4.98 Å². The summed E-state index contributed by atoms with van der Waals surface area (Å²) in [5.41, 5.74) is 19.5. The number of rotatable bonds is 17. The van der Waals surface area contributed by atoms with Gasteiger partial charge in [-0.1, -0.05) is 61.9 Å². The number of hydrogen-bond donors (Lipinski definition) is 12. The number of guanidine groups is 1. The van der Waals surface area contributed by atoms with Crippen molar-refractivity contribution < 1.29 is 38.4 Å². The molecule has 5 rings (SSSR count). The van der Waals surface area contributed by atoms with Crippen LogP contribution in [0.5, 0.6) is 0 Å². The minimum absolute atomic E-state index is 0.00690. The quantitative estimate of drug-likeness (QED) is 0.0341. The Morgan fingerprint density at radius 3 is 2.21 bits per heavy atom. The summed E-state index contributed by atoms with van der Waals surface area (Å²) in [6.45, 7) is 1.81. The molecule has 3 heterocycles. The number of benzene rings is 2. The number of para-hydroxylation sites is 1. The smallest absolute Gasteiger partial charge is 0.243 e. The maximum absolute atomic E-state index is 14.5. The van der Waals surface area contributed by atoms with Gasteiger partial charge in [0.15, 0.2) is 5.96 Å². The molecule has 0 spiro atoms. The Morgan fingerprint density at radius 2 is 1.50 bits per heavy atom. The van der Waals surface area contributed by atoms with Crippen molar-refractivity contribution in [1.29, 1.82) is 0 Å². The van der Waals surface area contributed by atoms with Crippen molar-refractivity contribution in [1.82, 2.24) is 52.2 Å². The van der Waals surface area contributed by atoms with Crippen LogP contribution in [0.3, 0.4) is 0 Å². The van der Waals surface area contributed by atoms with E-state index in [0.29, 0.717) is 29.7 Å². The normalized spacial score (nSPS) is 20.4. The summed E-state index contributed by atoms with van der Waals surface area (Å²) in [6, 6.07) is 8.29. The van der Waals surface area contributed by atoms with Gasteiger partial charge in [0.05, 0.1) is 6.33 Å². The van der Waals surface area contributed by atoms with E-state index in [-0.39, 0.29) is 76.8 Å². The molecule has 1 unspecified atom stereocenters. The van der Waals surface area contributed by atoms with Gasteiger partial charge in [-0.05, 0) is 49.3 Å². The third-order valence-electron chi connectivity index (χ3n) is 11.3. The van der Waals surface area contributed by atoms with E-state index >= 15 is 0 Å². The molecule has 1 aliphatic heterocycles. The van der Waals surface area contributed by atoms with Crippen LogP contribution >= 0.6 is 0 Å². The highest BCUT2D eigenvalue weighted by molar-refractivity contribution is 5.97. The molecule has 1 aliphatic rings. The monoisotopic (exact) mass is 938 g/mol. The lowest BCUT2D eigenvalue weighted by Gasteiger charge is -2.27. The molecule has 2 aromatic carbocycles. The number of amides is 8. The molecule has 1 saturated heterocycles. The summed E-state index contributed by atoms with van der Waals surface area (Å²) in [5, 5.41) is 19.8. The van der Waals surface area contributed by atoms with E-state index in [2.05, 4.69) is 57.2 Å². The maximum atomic E-state index is 14.5. The molecule has 15 N–H and O–H groups in total. The second kappa shape index (κ2) is 25.8. The number of nitrogens with two attached hydrogens (primary N) is 3. The van der Waals surface area contributed by atoms with Crippen LogP contribution < -0.4 is 54.4 Å². The molecule has 8 amide bonds. The fourth-order valence-corrected chi connectivity index (χ4v) is 7.62. The molecule has 6 atom stereocenters. The summed E-state index contributed by atoms with van der Waals surface area (Å²) < 4.78 is 0. The highest BCUT2D eigenvalue weighted by Gasteiger charge is 2.34. The van der Waals surface area contributed by atoms with Crippen LogP contribution in [0.4, 0.5) is 0 Å². The van der Waals surface area contributed by atoms with E-state index in [1.54, 1.807) is 36.5 Å². The van der Waals surface area contributed by atoms with Crippen LogP contribution in [0.15, 0.2) is 78.3 Å². The number of aliphatic imine (C=N–C) groups is 1. The number of carbonyl (C=O) groups is 8. The number of imidazole rings is 1. The second-order valence-electron chi connectivity index (χ2n) is 16.6. The lowest BCUT2D eigenvalue weighted by molar-refractivity contribution is -0.135. The van der Waals surface area contributed by atoms with Crippen LogP contribution in [-0.2, 0) is 57.6 Å². The topological polar surface area (TPSA) is 356 Å². The van der Waals surface area contributed by atoms with Gasteiger partial charge in [0.2, 0.25) is 47.3 Å². The van der Waals surface area contributed by atoms with Crippen LogP contribution in [0.1, 0.15) is 75.1 Å². The number of aromatic amines is 2. The van der Waals surface area contributed by atoms with Crippen molar-refractivity contribution in [3.05, 3.63) is 90.1 Å². The highest BCUT2D eigenvalue weighted by Crippen LogP contribution is 2.19. The van der Waals surface area contributed by atoms with Gasteiger partial charge < -0.3 is 64.4 Å². The minimum atomic E-state index is -1.40. The summed E-state index contributed by atoms with van der Waals surface area (Å²) in [5.74, 6) is -5.96. The molecule has 4 aromatic rings. The van der Waals surface area contributed by atoms with Gasteiger partial charge in [-0.2, -0.15) is 0 Å². The molecule has 2 aromatic heterocycles. The first kappa shape index (κ1) is 51.2. The number of nitrogens with one attached hydrogen (secondary N) is 9. The summed E-state index contributed by atoms with van der Waals surface area (Å²) in [7, 11) is 0. The van der Waals surface area contributed by atoms with Gasteiger partial charge in [-0.15, -0.1) is 0 Å². The lowest BCUT2D eigenvalue weighted by atomic mass is 10.0. The predicted molar refractivity (Wildman–Crippen MR) is 252 cm³/mol. The zero-order chi connectivity index (χ0) is 49.0. The molecular formula is C46H62N14O8. The number of primary amides is 1. The fourth-order valence-electron chi connectivity index (χ4n) is 7.62. The van der Waals surface area contributed by atoms with E-state index in [1.807, 2.05) is 31.2 Å². The summed E-state index contributed by atoms with van der Waals surface area (Å²) in [6.07, 6.45) is 5.28.